The molecule has 0 amide bonds. The van der Waals surface area contributed by atoms with Gasteiger partial charge in [0.25, 0.3) is 0 Å². The number of hydrogen-bond donors (Lipinski definition) is 0. The molecule has 0 fully saturated rings. The van der Waals surface area contributed by atoms with Crippen molar-refractivity contribution in [3.8, 4) is 0 Å². The summed E-state index contributed by atoms with van der Waals surface area (Å²) in [5.41, 5.74) is 5.65. The molecule has 0 bridgehead atoms. The van der Waals surface area contributed by atoms with Crippen molar-refractivity contribution in [3.05, 3.63) is 59.7 Å². The Hall–Kier alpha value is -1.51. The van der Waals surface area contributed by atoms with Crippen LogP contribution in [0, 0.1) is 0 Å². The van der Waals surface area contributed by atoms with Crippen LogP contribution >= 0.6 is 12.4 Å². The molecule has 2 nitrogen and oxygen atoms in total. The van der Waals surface area contributed by atoms with E-state index in [4.69, 9.17) is 0 Å². The molecule has 0 aromatic heterocycles. The zero-order valence-corrected chi connectivity index (χ0v) is 14.4. The van der Waals surface area contributed by atoms with E-state index in [-0.39, 0.29) is 12.4 Å². The van der Waals surface area contributed by atoms with Gasteiger partial charge in [0, 0.05) is 23.8 Å². The minimum atomic E-state index is 0. The van der Waals surface area contributed by atoms with Gasteiger partial charge in [0.2, 0.25) is 0 Å². The molecule has 1 aliphatic rings. The number of hydrogen-bond acceptors (Lipinski definition) is 2. The predicted octanol–water partition coefficient (Wildman–Crippen LogP) is 4.66. The van der Waals surface area contributed by atoms with Gasteiger partial charge in [-0.05, 0) is 50.3 Å². The molecular weight excluding hydrogens is 292 g/mol. The van der Waals surface area contributed by atoms with Crippen LogP contribution in [0.2, 0.25) is 0 Å². The lowest BCUT2D eigenvalue weighted by molar-refractivity contribution is 0.402. The lowest BCUT2D eigenvalue weighted by atomic mass is 9.86. The molecule has 118 valence electrons. The fraction of sp³-hybridized carbons (Fsp3) is 0.368. The highest BCUT2D eigenvalue weighted by atomic mass is 35.5. The zero-order chi connectivity index (χ0) is 14.8. The quantitative estimate of drug-likeness (QED) is 0.809. The molecule has 0 unspecified atom stereocenters. The third-order valence-corrected chi connectivity index (χ3v) is 4.38. The highest BCUT2D eigenvalue weighted by Gasteiger charge is 2.26. The third-order valence-electron chi connectivity index (χ3n) is 4.38. The van der Waals surface area contributed by atoms with Crippen LogP contribution < -0.4 is 4.90 Å². The summed E-state index contributed by atoms with van der Waals surface area (Å²) in [6.45, 7) is 4.50. The van der Waals surface area contributed by atoms with E-state index in [1.807, 2.05) is 0 Å². The van der Waals surface area contributed by atoms with E-state index in [1.165, 1.54) is 28.9 Å². The van der Waals surface area contributed by atoms with Crippen molar-refractivity contribution in [2.75, 3.05) is 32.1 Å². The summed E-state index contributed by atoms with van der Waals surface area (Å²) in [6.07, 6.45) is 1.17. The summed E-state index contributed by atoms with van der Waals surface area (Å²) >= 11 is 0. The van der Waals surface area contributed by atoms with E-state index >= 15 is 0 Å². The Kier molecular flexibility index (Phi) is 5.49. The minimum Gasteiger partial charge on any atom is -0.341 e. The van der Waals surface area contributed by atoms with Crippen molar-refractivity contribution in [1.82, 2.24) is 4.90 Å². The Morgan fingerprint density at radius 3 is 1.91 bits per heavy atom. The number of fused-ring (bicyclic) bond motifs is 2. The van der Waals surface area contributed by atoms with Gasteiger partial charge in [-0.1, -0.05) is 43.3 Å². The summed E-state index contributed by atoms with van der Waals surface area (Å²) in [5, 5.41) is 0. The first-order valence-corrected chi connectivity index (χ1v) is 7.78. The molecule has 1 heterocycles. The maximum Gasteiger partial charge on any atom is 0.0449 e. The second-order valence-electron chi connectivity index (χ2n) is 6.15. The number of rotatable bonds is 4. The Bertz CT molecular complexity index is 577. The molecule has 0 N–H and O–H groups in total. The van der Waals surface area contributed by atoms with Gasteiger partial charge >= 0.3 is 0 Å². The normalized spacial score (nSPS) is 13.5. The van der Waals surface area contributed by atoms with Crippen LogP contribution in [0.1, 0.15) is 30.4 Å². The van der Waals surface area contributed by atoms with Crippen LogP contribution in [-0.4, -0.2) is 32.1 Å². The molecule has 0 atom stereocenters. The van der Waals surface area contributed by atoms with Crippen LogP contribution in [0.3, 0.4) is 0 Å². The van der Waals surface area contributed by atoms with Crippen molar-refractivity contribution in [3.63, 3.8) is 0 Å². The summed E-state index contributed by atoms with van der Waals surface area (Å²) in [5.74, 6) is 0.475. The maximum absolute atomic E-state index is 2.49. The molecule has 0 aliphatic carbocycles. The van der Waals surface area contributed by atoms with Gasteiger partial charge < -0.3 is 9.80 Å². The number of nitrogens with zero attached hydrogens (tertiary/aromatic N) is 2. The van der Waals surface area contributed by atoms with Gasteiger partial charge in [-0.3, -0.25) is 0 Å². The Balaban J connectivity index is 0.00000176. The molecule has 3 rings (SSSR count). The number of halogens is 1. The number of para-hydroxylation sites is 2. The largest absolute Gasteiger partial charge is 0.341 e. The van der Waals surface area contributed by atoms with Crippen molar-refractivity contribution in [2.24, 2.45) is 0 Å². The van der Waals surface area contributed by atoms with Gasteiger partial charge in [-0.2, -0.15) is 0 Å². The van der Waals surface area contributed by atoms with Crippen molar-refractivity contribution >= 4 is 23.8 Å². The van der Waals surface area contributed by atoms with E-state index in [2.05, 4.69) is 79.3 Å². The summed E-state index contributed by atoms with van der Waals surface area (Å²) in [4.78, 5) is 4.75. The monoisotopic (exact) mass is 316 g/mol. The molecule has 22 heavy (non-hydrogen) atoms. The fourth-order valence-electron chi connectivity index (χ4n) is 3.28. The average molecular weight is 317 g/mol. The minimum absolute atomic E-state index is 0. The van der Waals surface area contributed by atoms with Crippen LogP contribution in [0.25, 0.3) is 0 Å². The van der Waals surface area contributed by atoms with Crippen LogP contribution in [0.4, 0.5) is 11.4 Å². The van der Waals surface area contributed by atoms with Gasteiger partial charge in [0.1, 0.15) is 0 Å². The molecule has 1 aliphatic heterocycles. The first kappa shape index (κ1) is 16.9. The van der Waals surface area contributed by atoms with Crippen LogP contribution in [0.15, 0.2) is 48.5 Å². The Labute approximate surface area is 140 Å². The van der Waals surface area contributed by atoms with Gasteiger partial charge in [0.15, 0.2) is 0 Å². The van der Waals surface area contributed by atoms with Gasteiger partial charge in [-0.15, -0.1) is 12.4 Å². The Morgan fingerprint density at radius 2 is 1.41 bits per heavy atom. The average Bonchev–Trinajstić information content (AvgIpc) is 2.50. The van der Waals surface area contributed by atoms with E-state index in [0.29, 0.717) is 5.92 Å². The van der Waals surface area contributed by atoms with E-state index in [9.17, 15) is 0 Å². The highest BCUT2D eigenvalue weighted by Crippen LogP contribution is 2.44. The second kappa shape index (κ2) is 7.17. The van der Waals surface area contributed by atoms with Gasteiger partial charge in [0.05, 0.1) is 0 Å². The lowest BCUT2D eigenvalue weighted by Crippen LogP contribution is -2.28. The highest BCUT2D eigenvalue weighted by molar-refractivity contribution is 5.85. The van der Waals surface area contributed by atoms with Crippen molar-refractivity contribution < 1.29 is 0 Å². The number of anilines is 2. The number of benzene rings is 2. The molecule has 2 aromatic carbocycles. The fourth-order valence-corrected chi connectivity index (χ4v) is 3.28. The van der Waals surface area contributed by atoms with E-state index in [1.54, 1.807) is 0 Å². The standard InChI is InChI=1S/C19H24N2.ClH/c1-15-16-9-4-6-11-18(16)21(14-8-13-20(2)3)19-12-7-5-10-17(15)19;/h4-7,9-12,15H,8,13-14H2,1-3H3;1H. The van der Waals surface area contributed by atoms with Crippen molar-refractivity contribution in [2.45, 2.75) is 19.3 Å². The van der Waals surface area contributed by atoms with Crippen LogP contribution in [0.5, 0.6) is 0 Å². The van der Waals surface area contributed by atoms with E-state index < -0.39 is 0 Å². The smallest absolute Gasteiger partial charge is 0.0449 e. The summed E-state index contributed by atoms with van der Waals surface area (Å²) in [7, 11) is 4.28. The molecular formula is C19H25ClN2. The summed E-state index contributed by atoms with van der Waals surface area (Å²) in [6, 6.07) is 17.7. The Morgan fingerprint density at radius 1 is 0.909 bits per heavy atom. The molecule has 0 saturated heterocycles. The molecule has 3 heteroatoms. The zero-order valence-electron chi connectivity index (χ0n) is 13.6. The first-order chi connectivity index (χ1) is 10.2. The third kappa shape index (κ3) is 3.13. The van der Waals surface area contributed by atoms with Crippen molar-refractivity contribution in [1.29, 1.82) is 0 Å². The lowest BCUT2D eigenvalue weighted by Gasteiger charge is -2.36. The predicted molar refractivity (Wildman–Crippen MR) is 97.8 cm³/mol. The molecule has 2 aromatic rings. The van der Waals surface area contributed by atoms with Crippen LogP contribution in [-0.2, 0) is 0 Å². The molecule has 0 saturated carbocycles. The van der Waals surface area contributed by atoms with E-state index in [0.717, 1.165) is 13.1 Å². The second-order valence-corrected chi connectivity index (χ2v) is 6.15. The van der Waals surface area contributed by atoms with Gasteiger partial charge in [-0.25, -0.2) is 0 Å². The summed E-state index contributed by atoms with van der Waals surface area (Å²) < 4.78 is 0. The topological polar surface area (TPSA) is 6.48 Å². The molecule has 0 spiro atoms. The molecule has 0 radical (unpaired) electrons. The first-order valence-electron chi connectivity index (χ1n) is 7.78. The maximum atomic E-state index is 2.49. The SMILES string of the molecule is CC1c2ccccc2N(CCCN(C)C)c2ccccc21.Cl.